The minimum atomic E-state index is 0.340. The second-order valence-corrected chi connectivity index (χ2v) is 7.73. The van der Waals surface area contributed by atoms with Gasteiger partial charge < -0.3 is 9.64 Å². The summed E-state index contributed by atoms with van der Waals surface area (Å²) in [5.41, 5.74) is 1.35. The first-order chi connectivity index (χ1) is 13.7. The van der Waals surface area contributed by atoms with Gasteiger partial charge in [-0.2, -0.15) is 0 Å². The van der Waals surface area contributed by atoms with Crippen LogP contribution in [0.5, 0.6) is 0 Å². The molecule has 1 unspecified atom stereocenters. The Kier molecular flexibility index (Phi) is 6.10. The van der Waals surface area contributed by atoms with Gasteiger partial charge in [-0.3, -0.25) is 4.90 Å². The summed E-state index contributed by atoms with van der Waals surface area (Å²) in [7, 11) is 1.77. The van der Waals surface area contributed by atoms with Crippen molar-refractivity contribution in [3.63, 3.8) is 0 Å². The molecule has 0 spiro atoms. The average Bonchev–Trinajstić information content (AvgIpc) is 2.72. The number of pyridine rings is 1. The summed E-state index contributed by atoms with van der Waals surface area (Å²) in [5, 5.41) is 2.84. The predicted molar refractivity (Wildman–Crippen MR) is 116 cm³/mol. The Morgan fingerprint density at radius 3 is 2.68 bits per heavy atom. The summed E-state index contributed by atoms with van der Waals surface area (Å²) in [4.78, 5) is 9.68. The predicted octanol–water partition coefficient (Wildman–Crippen LogP) is 4.62. The van der Waals surface area contributed by atoms with Crippen LogP contribution in [0.4, 0.5) is 5.82 Å². The van der Waals surface area contributed by atoms with E-state index < -0.39 is 0 Å². The maximum atomic E-state index is 6.36. The monoisotopic (exact) mass is 395 g/mol. The number of nitrogens with zero attached hydrogens (tertiary/aromatic N) is 3. The summed E-state index contributed by atoms with van der Waals surface area (Å²) >= 11 is 6.36. The van der Waals surface area contributed by atoms with Crippen molar-refractivity contribution in [1.29, 1.82) is 0 Å². The van der Waals surface area contributed by atoms with Crippen molar-refractivity contribution in [3.8, 4) is 0 Å². The molecule has 1 aliphatic heterocycles. The fraction of sp³-hybridized carbons (Fsp3) is 0.348. The van der Waals surface area contributed by atoms with Crippen LogP contribution in [-0.2, 0) is 11.3 Å². The molecule has 1 aliphatic rings. The molecule has 3 aromatic rings. The van der Waals surface area contributed by atoms with Crippen molar-refractivity contribution in [1.82, 2.24) is 9.88 Å². The summed E-state index contributed by atoms with van der Waals surface area (Å²) in [6.45, 7) is 4.63. The van der Waals surface area contributed by atoms with Gasteiger partial charge in [-0.25, -0.2) is 4.98 Å². The van der Waals surface area contributed by atoms with Gasteiger partial charge >= 0.3 is 0 Å². The van der Waals surface area contributed by atoms with Gasteiger partial charge in [0.1, 0.15) is 11.0 Å². The molecule has 0 radical (unpaired) electrons. The first-order valence-corrected chi connectivity index (χ1v) is 10.2. The van der Waals surface area contributed by atoms with Crippen molar-refractivity contribution >= 4 is 28.2 Å². The number of aromatic nitrogens is 1. The Morgan fingerprint density at radius 1 is 1.07 bits per heavy atom. The Balaban J connectivity index is 1.60. The Morgan fingerprint density at radius 2 is 1.86 bits per heavy atom. The van der Waals surface area contributed by atoms with Crippen molar-refractivity contribution in [2.45, 2.75) is 19.0 Å². The lowest BCUT2D eigenvalue weighted by Gasteiger charge is -2.42. The third kappa shape index (κ3) is 4.30. The van der Waals surface area contributed by atoms with E-state index in [4.69, 9.17) is 21.3 Å². The molecule has 0 saturated carbocycles. The molecule has 0 amide bonds. The van der Waals surface area contributed by atoms with Gasteiger partial charge in [-0.05, 0) is 23.4 Å². The highest BCUT2D eigenvalue weighted by Gasteiger charge is 2.29. The van der Waals surface area contributed by atoms with E-state index in [0.29, 0.717) is 11.2 Å². The number of ether oxygens (including phenoxy) is 1. The molecule has 1 atom stereocenters. The van der Waals surface area contributed by atoms with Crippen LogP contribution in [0.2, 0.25) is 5.15 Å². The Hall–Kier alpha value is -2.14. The minimum absolute atomic E-state index is 0.340. The van der Waals surface area contributed by atoms with Crippen molar-refractivity contribution in [3.05, 3.63) is 71.4 Å². The highest BCUT2D eigenvalue weighted by Crippen LogP contribution is 2.31. The smallest absolute Gasteiger partial charge is 0.138 e. The zero-order chi connectivity index (χ0) is 19.3. The highest BCUT2D eigenvalue weighted by atomic mass is 35.5. The molecule has 0 N–H and O–H groups in total. The second kappa shape index (κ2) is 8.91. The number of anilines is 1. The number of rotatable bonds is 6. The number of hydrogen-bond donors (Lipinski definition) is 0. The lowest BCUT2D eigenvalue weighted by molar-refractivity contribution is 0.157. The lowest BCUT2D eigenvalue weighted by Crippen LogP contribution is -2.53. The van der Waals surface area contributed by atoms with Crippen LogP contribution >= 0.6 is 11.6 Å². The van der Waals surface area contributed by atoms with Crippen LogP contribution in [0.3, 0.4) is 0 Å². The molecule has 0 bridgehead atoms. The maximum Gasteiger partial charge on any atom is 0.138 e. The van der Waals surface area contributed by atoms with Crippen LogP contribution in [-0.4, -0.2) is 49.3 Å². The van der Waals surface area contributed by atoms with Crippen molar-refractivity contribution in [2.75, 3.05) is 38.3 Å². The van der Waals surface area contributed by atoms with Crippen LogP contribution < -0.4 is 4.90 Å². The topological polar surface area (TPSA) is 28.6 Å². The van der Waals surface area contributed by atoms with Crippen LogP contribution in [0.1, 0.15) is 12.0 Å². The van der Waals surface area contributed by atoms with Gasteiger partial charge in [0, 0.05) is 51.3 Å². The minimum Gasteiger partial charge on any atom is -0.385 e. The normalized spacial score (nSPS) is 17.9. The van der Waals surface area contributed by atoms with E-state index in [9.17, 15) is 0 Å². The van der Waals surface area contributed by atoms with E-state index >= 15 is 0 Å². The molecule has 1 fully saturated rings. The summed E-state index contributed by atoms with van der Waals surface area (Å²) < 4.78 is 5.40. The fourth-order valence-electron chi connectivity index (χ4n) is 4.05. The first kappa shape index (κ1) is 19.2. The molecule has 2 aromatic carbocycles. The maximum absolute atomic E-state index is 6.36. The molecule has 0 aliphatic carbocycles. The molecule has 1 saturated heterocycles. The van der Waals surface area contributed by atoms with Crippen LogP contribution in [0, 0.1) is 0 Å². The molecule has 4 rings (SSSR count). The third-order valence-corrected chi connectivity index (χ3v) is 5.63. The lowest BCUT2D eigenvalue weighted by atomic mass is 10.1. The third-order valence-electron chi connectivity index (χ3n) is 5.43. The van der Waals surface area contributed by atoms with Crippen molar-refractivity contribution < 1.29 is 4.74 Å². The molecule has 2 heterocycles. The zero-order valence-corrected chi connectivity index (χ0v) is 17.0. The molecule has 28 heavy (non-hydrogen) atoms. The standard InChI is InChI=1S/C23H26ClN3O/c1-28-14-11-20-17-26(16-18-7-3-2-4-8-18)12-13-27(20)23-21-10-6-5-9-19(21)15-22(24)25-23/h2-10,15,20H,11-14,16-17H2,1H3. The molecule has 146 valence electrons. The molecule has 1 aromatic heterocycles. The summed E-state index contributed by atoms with van der Waals surface area (Å²) in [5.74, 6) is 0.989. The number of halogens is 1. The average molecular weight is 396 g/mol. The molecular weight excluding hydrogens is 370 g/mol. The number of fused-ring (bicyclic) bond motifs is 1. The quantitative estimate of drug-likeness (QED) is 0.569. The van der Waals surface area contributed by atoms with Gasteiger partial charge in [-0.1, -0.05) is 66.2 Å². The zero-order valence-electron chi connectivity index (χ0n) is 16.2. The fourth-order valence-corrected chi connectivity index (χ4v) is 4.25. The Labute approximate surface area is 171 Å². The van der Waals surface area contributed by atoms with E-state index in [1.807, 2.05) is 12.1 Å². The highest BCUT2D eigenvalue weighted by molar-refractivity contribution is 6.30. The van der Waals surface area contributed by atoms with E-state index in [0.717, 1.165) is 55.8 Å². The first-order valence-electron chi connectivity index (χ1n) is 9.82. The van der Waals surface area contributed by atoms with Gasteiger partial charge in [0.05, 0.1) is 0 Å². The van der Waals surface area contributed by atoms with Gasteiger partial charge in [0.2, 0.25) is 0 Å². The number of piperazine rings is 1. The van der Waals surface area contributed by atoms with Gasteiger partial charge in [-0.15, -0.1) is 0 Å². The summed E-state index contributed by atoms with van der Waals surface area (Å²) in [6.07, 6.45) is 0.963. The van der Waals surface area contributed by atoms with E-state index in [2.05, 4.69) is 58.3 Å². The molecular formula is C23H26ClN3O. The van der Waals surface area contributed by atoms with E-state index in [-0.39, 0.29) is 0 Å². The van der Waals surface area contributed by atoms with Crippen LogP contribution in [0.25, 0.3) is 10.8 Å². The largest absolute Gasteiger partial charge is 0.385 e. The Bertz CT molecular complexity index is 918. The van der Waals surface area contributed by atoms with Crippen LogP contribution in [0.15, 0.2) is 60.7 Å². The summed E-state index contributed by atoms with van der Waals surface area (Å²) in [6, 6.07) is 21.3. The van der Waals surface area contributed by atoms with Crippen molar-refractivity contribution in [2.24, 2.45) is 0 Å². The SMILES string of the molecule is COCCC1CN(Cc2ccccc2)CCN1c1nc(Cl)cc2ccccc12. The second-order valence-electron chi connectivity index (χ2n) is 7.34. The number of benzene rings is 2. The van der Waals surface area contributed by atoms with E-state index in [1.165, 1.54) is 5.56 Å². The molecule has 5 heteroatoms. The number of hydrogen-bond acceptors (Lipinski definition) is 4. The van der Waals surface area contributed by atoms with Gasteiger partial charge in [0.15, 0.2) is 0 Å². The van der Waals surface area contributed by atoms with Gasteiger partial charge in [0.25, 0.3) is 0 Å². The number of methoxy groups -OCH3 is 1. The van der Waals surface area contributed by atoms with E-state index in [1.54, 1.807) is 7.11 Å². The molecule has 4 nitrogen and oxygen atoms in total.